The molecule has 0 atom stereocenters. The molecule has 1 saturated carbocycles. The van der Waals surface area contributed by atoms with Crippen molar-refractivity contribution in [1.82, 2.24) is 15.4 Å². The maximum Gasteiger partial charge on any atom is 0.237 e. The number of rotatable bonds is 6. The first-order valence-corrected chi connectivity index (χ1v) is 9.20. The molecule has 0 aromatic carbocycles. The second-order valence-corrected chi connectivity index (χ2v) is 8.65. The highest BCUT2D eigenvalue weighted by Gasteiger charge is 2.23. The van der Waals surface area contributed by atoms with Crippen molar-refractivity contribution in [1.29, 1.82) is 0 Å². The average Bonchev–Trinajstić information content (AvgIpc) is 2.97. The van der Waals surface area contributed by atoms with E-state index in [1.807, 2.05) is 20.8 Å². The molecule has 1 amide bonds. The van der Waals surface area contributed by atoms with Gasteiger partial charge >= 0.3 is 0 Å². The Kier molecular flexibility index (Phi) is 4.58. The van der Waals surface area contributed by atoms with E-state index in [0.717, 1.165) is 15.2 Å². The summed E-state index contributed by atoms with van der Waals surface area (Å²) in [4.78, 5) is 12.0. The zero-order valence-electron chi connectivity index (χ0n) is 13.3. The normalized spacial score (nSPS) is 14.7. The number of aromatic nitrogens is 3. The van der Waals surface area contributed by atoms with Gasteiger partial charge in [0.2, 0.25) is 16.9 Å². The zero-order chi connectivity index (χ0) is 16.4. The van der Waals surface area contributed by atoms with Crippen LogP contribution in [-0.4, -0.2) is 33.1 Å². The number of carbonyl (C=O) groups is 1. The third kappa shape index (κ3) is 4.68. The molecule has 2 aromatic rings. The number of carbonyl (C=O) groups excluding carboxylic acids is 1. The first kappa shape index (κ1) is 16.3. The molecule has 0 bridgehead atoms. The molecule has 1 fully saturated rings. The number of hydrogen-bond acceptors (Lipinski definition) is 8. The number of anilines is 2. The van der Waals surface area contributed by atoms with E-state index in [9.17, 15) is 4.79 Å². The van der Waals surface area contributed by atoms with Crippen LogP contribution in [0.3, 0.4) is 0 Å². The van der Waals surface area contributed by atoms with Gasteiger partial charge in [0.1, 0.15) is 0 Å². The van der Waals surface area contributed by atoms with Crippen LogP contribution >= 0.6 is 23.1 Å². The maximum atomic E-state index is 12.0. The van der Waals surface area contributed by atoms with Crippen LogP contribution in [0.2, 0.25) is 0 Å². The summed E-state index contributed by atoms with van der Waals surface area (Å²) in [5.41, 5.74) is 0.694. The van der Waals surface area contributed by atoms with E-state index in [2.05, 4.69) is 26.0 Å². The molecule has 0 aliphatic heterocycles. The van der Waals surface area contributed by atoms with E-state index in [1.165, 1.54) is 35.9 Å². The van der Waals surface area contributed by atoms with Crippen LogP contribution in [0.15, 0.2) is 14.9 Å². The van der Waals surface area contributed by atoms with Crippen LogP contribution in [0.25, 0.3) is 0 Å². The Balaban J connectivity index is 1.47. The molecule has 9 heteroatoms. The molecule has 3 rings (SSSR count). The standard InChI is InChI=1S/C14H19N5O2S2/c1-14(2,3)9-6-11(21-19-9)16-10(20)7-22-13-18-17-12(23-13)15-8-4-5-8/h6,8H,4-5,7H2,1-3H3,(H,15,17)(H,16,20). The van der Waals surface area contributed by atoms with Crippen molar-refractivity contribution < 1.29 is 9.32 Å². The van der Waals surface area contributed by atoms with Crippen molar-refractivity contribution in [3.05, 3.63) is 11.8 Å². The van der Waals surface area contributed by atoms with Crippen molar-refractivity contribution in [3.8, 4) is 0 Å². The molecule has 1 aliphatic rings. The second-order valence-electron chi connectivity index (χ2n) is 6.45. The highest BCUT2D eigenvalue weighted by atomic mass is 32.2. The van der Waals surface area contributed by atoms with E-state index in [0.29, 0.717) is 11.9 Å². The monoisotopic (exact) mass is 353 g/mol. The van der Waals surface area contributed by atoms with Crippen molar-refractivity contribution >= 4 is 40.0 Å². The van der Waals surface area contributed by atoms with Gasteiger partial charge in [-0.05, 0) is 12.8 Å². The fourth-order valence-electron chi connectivity index (χ4n) is 1.72. The van der Waals surface area contributed by atoms with Crippen LogP contribution in [0.1, 0.15) is 39.3 Å². The quantitative estimate of drug-likeness (QED) is 0.771. The number of amides is 1. The summed E-state index contributed by atoms with van der Waals surface area (Å²) in [6, 6.07) is 2.30. The van der Waals surface area contributed by atoms with Crippen LogP contribution in [0, 0.1) is 0 Å². The Morgan fingerprint density at radius 2 is 2.22 bits per heavy atom. The topological polar surface area (TPSA) is 92.9 Å². The Labute approximate surface area is 142 Å². The van der Waals surface area contributed by atoms with Gasteiger partial charge in [-0.15, -0.1) is 10.2 Å². The lowest BCUT2D eigenvalue weighted by atomic mass is 9.92. The van der Waals surface area contributed by atoms with E-state index >= 15 is 0 Å². The van der Waals surface area contributed by atoms with Crippen LogP contribution in [-0.2, 0) is 10.2 Å². The minimum Gasteiger partial charge on any atom is -0.357 e. The maximum absolute atomic E-state index is 12.0. The summed E-state index contributed by atoms with van der Waals surface area (Å²) in [5, 5.41) is 18.9. The van der Waals surface area contributed by atoms with Gasteiger partial charge in [0.25, 0.3) is 0 Å². The Hall–Kier alpha value is -1.61. The molecule has 1 aliphatic carbocycles. The molecule has 2 heterocycles. The molecule has 124 valence electrons. The molecule has 23 heavy (non-hydrogen) atoms. The van der Waals surface area contributed by atoms with E-state index in [1.54, 1.807) is 6.07 Å². The highest BCUT2D eigenvalue weighted by Crippen LogP contribution is 2.30. The van der Waals surface area contributed by atoms with Gasteiger partial charge in [0.15, 0.2) is 4.34 Å². The van der Waals surface area contributed by atoms with Crippen molar-refractivity contribution in [2.45, 2.75) is 49.4 Å². The third-order valence-electron chi connectivity index (χ3n) is 3.18. The van der Waals surface area contributed by atoms with Gasteiger partial charge in [-0.2, -0.15) is 0 Å². The van der Waals surface area contributed by atoms with E-state index in [4.69, 9.17) is 4.52 Å². The second kappa shape index (κ2) is 6.48. The first-order chi connectivity index (χ1) is 10.9. The highest BCUT2D eigenvalue weighted by molar-refractivity contribution is 8.01. The largest absolute Gasteiger partial charge is 0.357 e. The summed E-state index contributed by atoms with van der Waals surface area (Å²) in [7, 11) is 0. The van der Waals surface area contributed by atoms with E-state index < -0.39 is 0 Å². The molecule has 7 nitrogen and oxygen atoms in total. The Morgan fingerprint density at radius 1 is 1.43 bits per heavy atom. The number of thioether (sulfide) groups is 1. The minimum atomic E-state index is -0.154. The van der Waals surface area contributed by atoms with Gasteiger partial charge < -0.3 is 9.84 Å². The predicted octanol–water partition coefficient (Wildman–Crippen LogP) is 3.13. The number of hydrogen-bond donors (Lipinski definition) is 2. The fraction of sp³-hybridized carbons (Fsp3) is 0.571. The lowest BCUT2D eigenvalue weighted by Crippen LogP contribution is -2.14. The summed E-state index contributed by atoms with van der Waals surface area (Å²) >= 11 is 2.83. The van der Waals surface area contributed by atoms with Gasteiger partial charge in [-0.3, -0.25) is 10.1 Å². The van der Waals surface area contributed by atoms with Gasteiger partial charge in [0.05, 0.1) is 11.4 Å². The fourth-order valence-corrected chi connectivity index (χ4v) is 3.35. The molecule has 0 radical (unpaired) electrons. The summed E-state index contributed by atoms with van der Waals surface area (Å²) in [6.07, 6.45) is 2.39. The lowest BCUT2D eigenvalue weighted by Gasteiger charge is -2.12. The lowest BCUT2D eigenvalue weighted by molar-refractivity contribution is -0.113. The Bertz CT molecular complexity index is 687. The summed E-state index contributed by atoms with van der Waals surface area (Å²) in [5.74, 6) is 0.469. The summed E-state index contributed by atoms with van der Waals surface area (Å²) in [6.45, 7) is 6.11. The van der Waals surface area contributed by atoms with Crippen molar-refractivity contribution in [2.75, 3.05) is 16.4 Å². The van der Waals surface area contributed by atoms with Crippen LogP contribution < -0.4 is 10.6 Å². The predicted molar refractivity (Wildman–Crippen MR) is 91.1 cm³/mol. The minimum absolute atomic E-state index is 0.112. The van der Waals surface area contributed by atoms with Gasteiger partial charge in [-0.25, -0.2) is 0 Å². The van der Waals surface area contributed by atoms with Gasteiger partial charge in [-0.1, -0.05) is 49.0 Å². The van der Waals surface area contributed by atoms with Crippen molar-refractivity contribution in [3.63, 3.8) is 0 Å². The number of nitrogens with one attached hydrogen (secondary N) is 2. The van der Waals surface area contributed by atoms with Crippen LogP contribution in [0.5, 0.6) is 0 Å². The summed E-state index contributed by atoms with van der Waals surface area (Å²) < 4.78 is 5.92. The molecule has 0 saturated heterocycles. The average molecular weight is 353 g/mol. The SMILES string of the molecule is CC(C)(C)c1cc(NC(=O)CSc2nnc(NC3CC3)s2)on1. The number of nitrogens with zero attached hydrogens (tertiary/aromatic N) is 3. The molecular weight excluding hydrogens is 334 g/mol. The Morgan fingerprint density at radius 3 is 2.87 bits per heavy atom. The smallest absolute Gasteiger partial charge is 0.237 e. The molecule has 2 N–H and O–H groups in total. The molecule has 0 spiro atoms. The molecule has 2 aromatic heterocycles. The van der Waals surface area contributed by atoms with Crippen LogP contribution in [0.4, 0.5) is 11.0 Å². The zero-order valence-corrected chi connectivity index (χ0v) is 14.9. The third-order valence-corrected chi connectivity index (χ3v) is 5.17. The first-order valence-electron chi connectivity index (χ1n) is 7.40. The van der Waals surface area contributed by atoms with E-state index in [-0.39, 0.29) is 17.1 Å². The van der Waals surface area contributed by atoms with Crippen molar-refractivity contribution in [2.24, 2.45) is 0 Å². The van der Waals surface area contributed by atoms with Gasteiger partial charge in [0, 0.05) is 17.5 Å². The molecular formula is C14H19N5O2S2. The molecule has 0 unspecified atom stereocenters.